The third kappa shape index (κ3) is 3.26. The van der Waals surface area contributed by atoms with Crippen molar-refractivity contribution in [2.75, 3.05) is 11.0 Å². The van der Waals surface area contributed by atoms with Gasteiger partial charge >= 0.3 is 0 Å². The summed E-state index contributed by atoms with van der Waals surface area (Å²) < 4.78 is 6.40. The van der Waals surface area contributed by atoms with Gasteiger partial charge in [-0.1, -0.05) is 47.4 Å². The number of alkyl halides is 1. The summed E-state index contributed by atoms with van der Waals surface area (Å²) in [4.78, 5) is 0. The second-order valence-electron chi connectivity index (χ2n) is 2.49. The first-order chi connectivity index (χ1) is 5.83. The number of hydrogen-bond donors (Lipinski definition) is 0. The molecule has 0 saturated heterocycles. The molecule has 1 nitrogen and oxygen atoms in total. The molecule has 64 valence electrons. The minimum atomic E-state index is 0.618. The molecule has 0 radical (unpaired) electrons. The van der Waals surface area contributed by atoms with Crippen molar-refractivity contribution < 1.29 is 4.74 Å². The van der Waals surface area contributed by atoms with Crippen LogP contribution in [0.2, 0.25) is 0 Å². The standard InChI is InChI=1S/C10H11IO/c1-9(7-11)8-12-10-5-3-2-4-6-10/h2-6H,1,7-8H2. The molecule has 0 saturated carbocycles. The SMILES string of the molecule is C=C(CI)COc1ccccc1. The van der Waals surface area contributed by atoms with E-state index in [1.807, 2.05) is 30.3 Å². The van der Waals surface area contributed by atoms with Crippen molar-refractivity contribution in [1.82, 2.24) is 0 Å². The van der Waals surface area contributed by atoms with E-state index < -0.39 is 0 Å². The first kappa shape index (κ1) is 9.58. The summed E-state index contributed by atoms with van der Waals surface area (Å²) in [5, 5.41) is 0. The monoisotopic (exact) mass is 274 g/mol. The van der Waals surface area contributed by atoms with E-state index in [1.54, 1.807) is 0 Å². The van der Waals surface area contributed by atoms with Crippen LogP contribution in [0.5, 0.6) is 5.75 Å². The van der Waals surface area contributed by atoms with Crippen LogP contribution in [0.4, 0.5) is 0 Å². The first-order valence-electron chi connectivity index (χ1n) is 3.73. The molecule has 0 aromatic heterocycles. The van der Waals surface area contributed by atoms with E-state index in [0.29, 0.717) is 6.61 Å². The van der Waals surface area contributed by atoms with Crippen molar-refractivity contribution in [2.45, 2.75) is 0 Å². The van der Waals surface area contributed by atoms with Crippen LogP contribution in [0.15, 0.2) is 42.5 Å². The molecular weight excluding hydrogens is 263 g/mol. The molecule has 0 heterocycles. The first-order valence-corrected chi connectivity index (χ1v) is 5.26. The molecule has 0 amide bonds. The van der Waals surface area contributed by atoms with Gasteiger partial charge in [0.15, 0.2) is 0 Å². The number of benzene rings is 1. The van der Waals surface area contributed by atoms with Crippen LogP contribution >= 0.6 is 22.6 Å². The molecule has 0 aliphatic heterocycles. The van der Waals surface area contributed by atoms with Crippen molar-refractivity contribution in [3.8, 4) is 5.75 Å². The van der Waals surface area contributed by atoms with Crippen LogP contribution < -0.4 is 4.74 Å². The maximum absolute atomic E-state index is 5.45. The summed E-state index contributed by atoms with van der Waals surface area (Å²) >= 11 is 2.28. The summed E-state index contributed by atoms with van der Waals surface area (Å²) in [5.74, 6) is 0.906. The van der Waals surface area contributed by atoms with Crippen molar-refractivity contribution in [1.29, 1.82) is 0 Å². The Hall–Kier alpha value is -0.510. The molecule has 1 rings (SSSR count). The van der Waals surface area contributed by atoms with Crippen molar-refractivity contribution in [3.05, 3.63) is 42.5 Å². The van der Waals surface area contributed by atoms with Gasteiger partial charge in [-0.2, -0.15) is 0 Å². The summed E-state index contributed by atoms with van der Waals surface area (Å²) in [5.41, 5.74) is 1.11. The van der Waals surface area contributed by atoms with Crippen molar-refractivity contribution in [3.63, 3.8) is 0 Å². The molecule has 2 heteroatoms. The topological polar surface area (TPSA) is 9.23 Å². The molecular formula is C10H11IO. The predicted molar refractivity (Wildman–Crippen MR) is 60.0 cm³/mol. The Labute approximate surface area is 86.6 Å². The highest BCUT2D eigenvalue weighted by Gasteiger charge is 1.93. The molecule has 0 aliphatic rings. The Morgan fingerprint density at radius 1 is 1.33 bits per heavy atom. The van der Waals surface area contributed by atoms with E-state index in [-0.39, 0.29) is 0 Å². The zero-order valence-electron chi connectivity index (χ0n) is 6.79. The number of hydrogen-bond acceptors (Lipinski definition) is 1. The number of ether oxygens (including phenoxy) is 1. The fourth-order valence-electron chi connectivity index (χ4n) is 0.741. The smallest absolute Gasteiger partial charge is 0.119 e. The minimum Gasteiger partial charge on any atom is -0.489 e. The second kappa shape index (κ2) is 5.19. The average Bonchev–Trinajstić information content (AvgIpc) is 2.16. The van der Waals surface area contributed by atoms with Gasteiger partial charge in [0.25, 0.3) is 0 Å². The Morgan fingerprint density at radius 3 is 2.58 bits per heavy atom. The maximum atomic E-state index is 5.45. The zero-order chi connectivity index (χ0) is 8.81. The van der Waals surface area contributed by atoms with Gasteiger partial charge in [-0.05, 0) is 17.7 Å². The van der Waals surface area contributed by atoms with Gasteiger partial charge in [0, 0.05) is 4.43 Å². The summed E-state index contributed by atoms with van der Waals surface area (Å²) in [6, 6.07) is 9.78. The van der Waals surface area contributed by atoms with Crippen LogP contribution in [0.3, 0.4) is 0 Å². The van der Waals surface area contributed by atoms with Gasteiger partial charge in [-0.25, -0.2) is 0 Å². The largest absolute Gasteiger partial charge is 0.489 e. The Bertz CT molecular complexity index is 243. The Balaban J connectivity index is 2.38. The van der Waals surface area contributed by atoms with Crippen LogP contribution in [0.25, 0.3) is 0 Å². The predicted octanol–water partition coefficient (Wildman–Crippen LogP) is 3.06. The highest BCUT2D eigenvalue weighted by molar-refractivity contribution is 14.1. The van der Waals surface area contributed by atoms with Gasteiger partial charge in [0.1, 0.15) is 12.4 Å². The fraction of sp³-hybridized carbons (Fsp3) is 0.200. The number of halogens is 1. The minimum absolute atomic E-state index is 0.618. The highest BCUT2D eigenvalue weighted by atomic mass is 127. The molecule has 0 unspecified atom stereocenters. The van der Waals surface area contributed by atoms with E-state index in [9.17, 15) is 0 Å². The lowest BCUT2D eigenvalue weighted by atomic mass is 10.3. The molecule has 0 aliphatic carbocycles. The molecule has 1 aromatic carbocycles. The molecule has 0 bridgehead atoms. The van der Waals surface area contributed by atoms with Gasteiger partial charge in [0.05, 0.1) is 0 Å². The van der Waals surface area contributed by atoms with Crippen molar-refractivity contribution in [2.24, 2.45) is 0 Å². The zero-order valence-corrected chi connectivity index (χ0v) is 8.95. The maximum Gasteiger partial charge on any atom is 0.119 e. The highest BCUT2D eigenvalue weighted by Crippen LogP contribution is 2.09. The Morgan fingerprint density at radius 2 is 2.00 bits per heavy atom. The lowest BCUT2D eigenvalue weighted by Gasteiger charge is -2.05. The van der Waals surface area contributed by atoms with Crippen molar-refractivity contribution >= 4 is 22.6 Å². The normalized spacial score (nSPS) is 9.42. The lowest BCUT2D eigenvalue weighted by Crippen LogP contribution is -2.00. The van der Waals surface area contributed by atoms with Gasteiger partial charge in [-0.3, -0.25) is 0 Å². The fourth-order valence-corrected chi connectivity index (χ4v) is 0.961. The number of rotatable bonds is 4. The van der Waals surface area contributed by atoms with Crippen LogP contribution in [-0.2, 0) is 0 Å². The Kier molecular flexibility index (Phi) is 4.14. The third-order valence-electron chi connectivity index (χ3n) is 1.38. The molecule has 0 spiro atoms. The summed E-state index contributed by atoms with van der Waals surface area (Å²) in [6.07, 6.45) is 0. The molecule has 0 atom stereocenters. The van der Waals surface area contributed by atoms with E-state index in [1.165, 1.54) is 0 Å². The summed E-state index contributed by atoms with van der Waals surface area (Å²) in [6.45, 7) is 4.47. The van der Waals surface area contributed by atoms with Gasteiger partial charge in [-0.15, -0.1) is 0 Å². The number of para-hydroxylation sites is 1. The van der Waals surface area contributed by atoms with E-state index in [0.717, 1.165) is 15.8 Å². The quantitative estimate of drug-likeness (QED) is 0.466. The van der Waals surface area contributed by atoms with Crippen LogP contribution in [0.1, 0.15) is 0 Å². The third-order valence-corrected chi connectivity index (χ3v) is 2.45. The lowest BCUT2D eigenvalue weighted by molar-refractivity contribution is 0.353. The molecule has 12 heavy (non-hydrogen) atoms. The molecule has 0 N–H and O–H groups in total. The molecule has 0 fully saturated rings. The average molecular weight is 274 g/mol. The van der Waals surface area contributed by atoms with Gasteiger partial charge < -0.3 is 4.74 Å². The van der Waals surface area contributed by atoms with E-state index in [4.69, 9.17) is 4.74 Å². The second-order valence-corrected chi connectivity index (χ2v) is 3.25. The van der Waals surface area contributed by atoms with Gasteiger partial charge in [0.2, 0.25) is 0 Å². The van der Waals surface area contributed by atoms with Crippen LogP contribution in [0, 0.1) is 0 Å². The van der Waals surface area contributed by atoms with E-state index in [2.05, 4.69) is 29.2 Å². The molecule has 1 aromatic rings. The summed E-state index contributed by atoms with van der Waals surface area (Å²) in [7, 11) is 0. The van der Waals surface area contributed by atoms with E-state index >= 15 is 0 Å². The van der Waals surface area contributed by atoms with Crippen LogP contribution in [-0.4, -0.2) is 11.0 Å².